The van der Waals surface area contributed by atoms with E-state index in [2.05, 4.69) is 0 Å². The van der Waals surface area contributed by atoms with E-state index >= 15 is 0 Å². The van der Waals surface area contributed by atoms with Crippen LogP contribution in [0.25, 0.3) is 9.75 Å². The second kappa shape index (κ2) is 3.36. The molecule has 0 saturated carbocycles. The van der Waals surface area contributed by atoms with Gasteiger partial charge in [0, 0.05) is 10.8 Å². The van der Waals surface area contributed by atoms with Crippen molar-refractivity contribution in [2.45, 2.75) is 0 Å². The summed E-state index contributed by atoms with van der Waals surface area (Å²) in [5.41, 5.74) is 0. The highest BCUT2D eigenvalue weighted by atomic mass is 32.1. The highest BCUT2D eigenvalue weighted by Crippen LogP contribution is 2.37. The molecule has 0 bridgehead atoms. The predicted octanol–water partition coefficient (Wildman–Crippen LogP) is 4.03. The summed E-state index contributed by atoms with van der Waals surface area (Å²) < 4.78 is 51.2. The first-order chi connectivity index (χ1) is 6.61. The van der Waals surface area contributed by atoms with Crippen LogP contribution in [0.3, 0.4) is 0 Å². The molecule has 0 amide bonds. The molecule has 0 unspecified atom stereocenters. The molecule has 0 radical (unpaired) electrons. The SMILES string of the molecule is Fc1csc(-c2scc(F)c2F)c1F. The largest absolute Gasteiger partial charge is 0.203 e. The zero-order chi connectivity index (χ0) is 10.3. The minimum Gasteiger partial charge on any atom is -0.203 e. The Morgan fingerprint density at radius 3 is 1.29 bits per heavy atom. The third-order valence-corrected chi connectivity index (χ3v) is 3.60. The van der Waals surface area contributed by atoms with Crippen LogP contribution in [0.2, 0.25) is 0 Å². The average molecular weight is 238 g/mol. The standard InChI is InChI=1S/C8H2F4S2/c9-3-1-13-7(5(3)11)8-6(12)4(10)2-14-8/h1-2H. The van der Waals surface area contributed by atoms with Gasteiger partial charge in [-0.25, -0.2) is 17.6 Å². The number of hydrogen-bond acceptors (Lipinski definition) is 2. The molecule has 6 heteroatoms. The Morgan fingerprint density at radius 2 is 1.07 bits per heavy atom. The highest BCUT2D eigenvalue weighted by molar-refractivity contribution is 7.20. The van der Waals surface area contributed by atoms with Crippen LogP contribution in [0.5, 0.6) is 0 Å². The molecule has 2 rings (SSSR count). The number of rotatable bonds is 1. The Balaban J connectivity index is 2.60. The number of halogens is 4. The minimum atomic E-state index is -1.13. The Labute approximate surface area is 84.4 Å². The summed E-state index contributed by atoms with van der Waals surface area (Å²) in [7, 11) is 0. The van der Waals surface area contributed by atoms with Crippen molar-refractivity contribution in [1.82, 2.24) is 0 Å². The fourth-order valence-electron chi connectivity index (χ4n) is 0.952. The van der Waals surface area contributed by atoms with Crippen molar-refractivity contribution in [3.05, 3.63) is 34.0 Å². The lowest BCUT2D eigenvalue weighted by Crippen LogP contribution is -1.81. The topological polar surface area (TPSA) is 0 Å². The second-order valence-electron chi connectivity index (χ2n) is 2.45. The molecule has 0 atom stereocenters. The Morgan fingerprint density at radius 1 is 0.714 bits per heavy atom. The Hall–Kier alpha value is -0.880. The van der Waals surface area contributed by atoms with Crippen molar-refractivity contribution in [1.29, 1.82) is 0 Å². The number of thiophene rings is 2. The van der Waals surface area contributed by atoms with E-state index in [4.69, 9.17) is 0 Å². The summed E-state index contributed by atoms with van der Waals surface area (Å²) in [5, 5.41) is 1.84. The summed E-state index contributed by atoms with van der Waals surface area (Å²) in [6, 6.07) is 0. The molecule has 2 aromatic heterocycles. The molecule has 0 fully saturated rings. The maximum absolute atomic E-state index is 13.0. The van der Waals surface area contributed by atoms with Gasteiger partial charge in [-0.3, -0.25) is 0 Å². The second-order valence-corrected chi connectivity index (χ2v) is 4.21. The zero-order valence-electron chi connectivity index (χ0n) is 6.48. The third-order valence-electron chi connectivity index (χ3n) is 1.58. The van der Waals surface area contributed by atoms with E-state index in [1.807, 2.05) is 0 Å². The van der Waals surface area contributed by atoms with Crippen LogP contribution in [-0.2, 0) is 0 Å². The van der Waals surface area contributed by atoms with Gasteiger partial charge in [0.15, 0.2) is 23.3 Å². The molecule has 0 saturated heterocycles. The smallest absolute Gasteiger partial charge is 0.178 e. The molecule has 0 aliphatic rings. The van der Waals surface area contributed by atoms with Crippen molar-refractivity contribution >= 4 is 22.7 Å². The van der Waals surface area contributed by atoms with Crippen molar-refractivity contribution in [3.63, 3.8) is 0 Å². The van der Waals surface area contributed by atoms with Gasteiger partial charge in [-0.15, -0.1) is 22.7 Å². The molecule has 74 valence electrons. The van der Waals surface area contributed by atoms with Gasteiger partial charge < -0.3 is 0 Å². The van der Waals surface area contributed by atoms with Gasteiger partial charge in [-0.05, 0) is 0 Å². The van der Waals surface area contributed by atoms with E-state index in [9.17, 15) is 17.6 Å². The van der Waals surface area contributed by atoms with Crippen molar-refractivity contribution in [2.75, 3.05) is 0 Å². The summed E-state index contributed by atoms with van der Waals surface area (Å²) in [6.45, 7) is 0. The first-order valence-corrected chi connectivity index (χ1v) is 5.22. The molecule has 0 aliphatic carbocycles. The summed E-state index contributed by atoms with van der Waals surface area (Å²) in [4.78, 5) is -0.400. The molecule has 0 aromatic carbocycles. The molecule has 2 heterocycles. The maximum atomic E-state index is 13.0. The van der Waals surface area contributed by atoms with Gasteiger partial charge in [0.05, 0.1) is 9.75 Å². The Kier molecular flexibility index (Phi) is 2.32. The lowest BCUT2D eigenvalue weighted by molar-refractivity contribution is 0.511. The first kappa shape index (κ1) is 9.67. The summed E-state index contributed by atoms with van der Waals surface area (Å²) in [6.07, 6.45) is 0. The molecule has 0 aliphatic heterocycles. The molecular formula is C8H2F4S2. The molecule has 2 aromatic rings. The van der Waals surface area contributed by atoms with E-state index in [0.717, 1.165) is 10.8 Å². The summed E-state index contributed by atoms with van der Waals surface area (Å²) in [5.74, 6) is -4.34. The van der Waals surface area contributed by atoms with Crippen LogP contribution in [0.1, 0.15) is 0 Å². The summed E-state index contributed by atoms with van der Waals surface area (Å²) >= 11 is 1.42. The van der Waals surface area contributed by atoms with Gasteiger partial charge in [0.25, 0.3) is 0 Å². The molecule has 0 nitrogen and oxygen atoms in total. The van der Waals surface area contributed by atoms with Crippen LogP contribution in [-0.4, -0.2) is 0 Å². The highest BCUT2D eigenvalue weighted by Gasteiger charge is 2.20. The van der Waals surface area contributed by atoms with E-state index < -0.39 is 23.3 Å². The van der Waals surface area contributed by atoms with Crippen molar-refractivity contribution in [3.8, 4) is 9.75 Å². The van der Waals surface area contributed by atoms with Crippen LogP contribution in [0.4, 0.5) is 17.6 Å². The van der Waals surface area contributed by atoms with Crippen molar-refractivity contribution in [2.24, 2.45) is 0 Å². The van der Waals surface area contributed by atoms with Crippen LogP contribution >= 0.6 is 22.7 Å². The van der Waals surface area contributed by atoms with E-state index in [-0.39, 0.29) is 9.75 Å². The maximum Gasteiger partial charge on any atom is 0.178 e. The van der Waals surface area contributed by atoms with Gasteiger partial charge in [-0.1, -0.05) is 0 Å². The van der Waals surface area contributed by atoms with Gasteiger partial charge in [-0.2, -0.15) is 0 Å². The first-order valence-electron chi connectivity index (χ1n) is 3.46. The molecule has 14 heavy (non-hydrogen) atoms. The average Bonchev–Trinajstić information content (AvgIpc) is 2.63. The number of hydrogen-bond donors (Lipinski definition) is 0. The Bertz CT molecular complexity index is 427. The van der Waals surface area contributed by atoms with E-state index in [1.165, 1.54) is 0 Å². The minimum absolute atomic E-state index is 0.200. The quantitative estimate of drug-likeness (QED) is 0.658. The van der Waals surface area contributed by atoms with Crippen LogP contribution < -0.4 is 0 Å². The fraction of sp³-hybridized carbons (Fsp3) is 0. The van der Waals surface area contributed by atoms with Gasteiger partial charge in [0.1, 0.15) is 0 Å². The lowest BCUT2D eigenvalue weighted by atomic mass is 10.3. The fourth-order valence-corrected chi connectivity index (χ4v) is 2.69. The monoisotopic (exact) mass is 238 g/mol. The van der Waals surface area contributed by atoms with Crippen LogP contribution in [0, 0.1) is 23.3 Å². The molecule has 0 spiro atoms. The lowest BCUT2D eigenvalue weighted by Gasteiger charge is -1.91. The molecule has 0 N–H and O–H groups in total. The predicted molar refractivity (Wildman–Crippen MR) is 47.5 cm³/mol. The third kappa shape index (κ3) is 1.34. The zero-order valence-corrected chi connectivity index (χ0v) is 8.12. The normalized spacial score (nSPS) is 10.9. The van der Waals surface area contributed by atoms with Gasteiger partial charge in [0.2, 0.25) is 0 Å². The van der Waals surface area contributed by atoms with E-state index in [1.54, 1.807) is 0 Å². The van der Waals surface area contributed by atoms with Crippen LogP contribution in [0.15, 0.2) is 10.8 Å². The van der Waals surface area contributed by atoms with E-state index in [0.29, 0.717) is 22.7 Å². The molecular weight excluding hydrogens is 236 g/mol. The van der Waals surface area contributed by atoms with Gasteiger partial charge >= 0.3 is 0 Å². The van der Waals surface area contributed by atoms with Crippen molar-refractivity contribution < 1.29 is 17.6 Å².